The van der Waals surface area contributed by atoms with Gasteiger partial charge in [-0.1, -0.05) is 6.07 Å². The maximum atomic E-state index is 12.4. The highest BCUT2D eigenvalue weighted by Crippen LogP contribution is 2.16. The second kappa shape index (κ2) is 9.70. The van der Waals surface area contributed by atoms with Crippen LogP contribution in [0.25, 0.3) is 0 Å². The highest BCUT2D eigenvalue weighted by atomic mass is 35.5. The summed E-state index contributed by atoms with van der Waals surface area (Å²) in [6, 6.07) is 7.87. The lowest BCUT2D eigenvalue weighted by Gasteiger charge is -2.23. The molecule has 4 nitrogen and oxygen atoms in total. The zero-order valence-corrected chi connectivity index (χ0v) is 14.4. The largest absolute Gasteiger partial charge is 0.385 e. The van der Waals surface area contributed by atoms with Crippen molar-refractivity contribution >= 4 is 24.0 Å². The molecule has 22 heavy (non-hydrogen) atoms. The predicted molar refractivity (Wildman–Crippen MR) is 95.0 cm³/mol. The Bertz CT molecular complexity index is 457. The standard InChI is InChI=1S/C17H27N3O.ClH/c1-3-20(4-2)17(21)15-6-5-7-16(12-15)19-13-14-8-10-18-11-9-14;/h5-7,12,14,18-19H,3-4,8-11,13H2,1-2H3;1H. The van der Waals surface area contributed by atoms with Crippen LogP contribution >= 0.6 is 12.4 Å². The number of carbonyl (C=O) groups excluding carboxylic acids is 1. The molecule has 0 radical (unpaired) electrons. The molecule has 0 aromatic heterocycles. The molecule has 1 aliphatic heterocycles. The Balaban J connectivity index is 0.00000242. The van der Waals surface area contributed by atoms with Gasteiger partial charge in [0.15, 0.2) is 0 Å². The van der Waals surface area contributed by atoms with Crippen molar-refractivity contribution in [2.24, 2.45) is 5.92 Å². The van der Waals surface area contributed by atoms with Crippen LogP contribution in [0.3, 0.4) is 0 Å². The molecule has 0 saturated carbocycles. The Morgan fingerprint density at radius 2 is 1.95 bits per heavy atom. The zero-order valence-electron chi connectivity index (χ0n) is 13.6. The number of hydrogen-bond acceptors (Lipinski definition) is 3. The fourth-order valence-corrected chi connectivity index (χ4v) is 2.80. The molecule has 2 N–H and O–H groups in total. The van der Waals surface area contributed by atoms with Gasteiger partial charge in [-0.25, -0.2) is 0 Å². The molecule has 1 amide bonds. The summed E-state index contributed by atoms with van der Waals surface area (Å²) in [6.07, 6.45) is 2.45. The average Bonchev–Trinajstić information content (AvgIpc) is 2.55. The van der Waals surface area contributed by atoms with Crippen molar-refractivity contribution in [1.29, 1.82) is 0 Å². The summed E-state index contributed by atoms with van der Waals surface area (Å²) in [7, 11) is 0. The molecule has 124 valence electrons. The fraction of sp³-hybridized carbons (Fsp3) is 0.588. The van der Waals surface area contributed by atoms with Crippen LogP contribution in [0.2, 0.25) is 0 Å². The van der Waals surface area contributed by atoms with Crippen LogP contribution in [-0.2, 0) is 0 Å². The van der Waals surface area contributed by atoms with Crippen molar-refractivity contribution in [3.63, 3.8) is 0 Å². The number of benzene rings is 1. The van der Waals surface area contributed by atoms with E-state index >= 15 is 0 Å². The van der Waals surface area contributed by atoms with Crippen molar-refractivity contribution < 1.29 is 4.79 Å². The van der Waals surface area contributed by atoms with Crippen molar-refractivity contribution in [2.75, 3.05) is 38.0 Å². The Morgan fingerprint density at radius 3 is 2.59 bits per heavy atom. The third-order valence-corrected chi connectivity index (χ3v) is 4.21. The van der Waals surface area contributed by atoms with Gasteiger partial charge in [0.2, 0.25) is 0 Å². The van der Waals surface area contributed by atoms with E-state index in [4.69, 9.17) is 0 Å². The summed E-state index contributed by atoms with van der Waals surface area (Å²) in [4.78, 5) is 14.2. The number of piperidine rings is 1. The number of hydrogen-bond donors (Lipinski definition) is 2. The van der Waals surface area contributed by atoms with E-state index in [-0.39, 0.29) is 18.3 Å². The molecule has 1 aromatic carbocycles. The van der Waals surface area contributed by atoms with E-state index in [0.717, 1.165) is 49.9 Å². The van der Waals surface area contributed by atoms with Gasteiger partial charge in [0.1, 0.15) is 0 Å². The summed E-state index contributed by atoms with van der Waals surface area (Å²) in [5, 5.41) is 6.87. The third kappa shape index (κ3) is 5.18. The molecule has 0 unspecified atom stereocenters. The summed E-state index contributed by atoms with van der Waals surface area (Å²) >= 11 is 0. The van der Waals surface area contributed by atoms with Gasteiger partial charge >= 0.3 is 0 Å². The zero-order chi connectivity index (χ0) is 15.1. The topological polar surface area (TPSA) is 44.4 Å². The van der Waals surface area contributed by atoms with E-state index < -0.39 is 0 Å². The first-order chi connectivity index (χ1) is 10.2. The van der Waals surface area contributed by atoms with E-state index in [1.165, 1.54) is 12.8 Å². The molecule has 0 atom stereocenters. The second-order valence-electron chi connectivity index (χ2n) is 5.63. The Hall–Kier alpha value is -1.26. The quantitative estimate of drug-likeness (QED) is 0.845. The van der Waals surface area contributed by atoms with Crippen LogP contribution in [0.15, 0.2) is 24.3 Å². The maximum absolute atomic E-state index is 12.4. The molecule has 0 spiro atoms. The lowest BCUT2D eigenvalue weighted by Crippen LogP contribution is -2.31. The van der Waals surface area contributed by atoms with Crippen LogP contribution in [0.5, 0.6) is 0 Å². The Kier molecular flexibility index (Phi) is 8.28. The van der Waals surface area contributed by atoms with Crippen molar-refractivity contribution in [3.8, 4) is 0 Å². The first-order valence-electron chi connectivity index (χ1n) is 8.08. The fourth-order valence-electron chi connectivity index (χ4n) is 2.80. The average molecular weight is 326 g/mol. The minimum Gasteiger partial charge on any atom is -0.385 e. The molecule has 0 aliphatic carbocycles. The van der Waals surface area contributed by atoms with Gasteiger partial charge in [0, 0.05) is 30.9 Å². The summed E-state index contributed by atoms with van der Waals surface area (Å²) in [6.45, 7) is 8.76. The molecule has 0 bridgehead atoms. The molecular formula is C17H28ClN3O. The number of nitrogens with zero attached hydrogens (tertiary/aromatic N) is 1. The van der Waals surface area contributed by atoms with Crippen LogP contribution in [-0.4, -0.2) is 43.5 Å². The van der Waals surface area contributed by atoms with Gasteiger partial charge in [-0.2, -0.15) is 0 Å². The van der Waals surface area contributed by atoms with Gasteiger partial charge in [-0.3, -0.25) is 4.79 Å². The van der Waals surface area contributed by atoms with E-state index in [0.29, 0.717) is 0 Å². The number of anilines is 1. The van der Waals surface area contributed by atoms with Crippen molar-refractivity contribution in [1.82, 2.24) is 10.2 Å². The summed E-state index contributed by atoms with van der Waals surface area (Å²) < 4.78 is 0. The summed E-state index contributed by atoms with van der Waals surface area (Å²) in [5.74, 6) is 0.846. The number of halogens is 1. The van der Waals surface area contributed by atoms with E-state index in [2.05, 4.69) is 10.6 Å². The first kappa shape index (κ1) is 18.8. The van der Waals surface area contributed by atoms with Gasteiger partial charge < -0.3 is 15.5 Å². The SMILES string of the molecule is CCN(CC)C(=O)c1cccc(NCC2CCNCC2)c1.Cl. The molecule has 1 heterocycles. The highest BCUT2D eigenvalue weighted by molar-refractivity contribution is 5.95. The lowest BCUT2D eigenvalue weighted by molar-refractivity contribution is 0.0773. The smallest absolute Gasteiger partial charge is 0.253 e. The van der Waals surface area contributed by atoms with E-state index in [1.54, 1.807) is 0 Å². The number of carbonyl (C=O) groups is 1. The number of amides is 1. The van der Waals surface area contributed by atoms with Crippen LogP contribution < -0.4 is 10.6 Å². The minimum absolute atomic E-state index is 0. The van der Waals surface area contributed by atoms with Gasteiger partial charge in [0.05, 0.1) is 0 Å². The first-order valence-corrected chi connectivity index (χ1v) is 8.08. The van der Waals surface area contributed by atoms with E-state index in [1.807, 2.05) is 43.0 Å². The van der Waals surface area contributed by atoms with Gasteiger partial charge in [0.25, 0.3) is 5.91 Å². The van der Waals surface area contributed by atoms with E-state index in [9.17, 15) is 4.79 Å². The maximum Gasteiger partial charge on any atom is 0.253 e. The Morgan fingerprint density at radius 1 is 1.27 bits per heavy atom. The van der Waals surface area contributed by atoms with Gasteiger partial charge in [-0.15, -0.1) is 12.4 Å². The number of rotatable bonds is 6. The highest BCUT2D eigenvalue weighted by Gasteiger charge is 2.14. The van der Waals surface area contributed by atoms with Crippen LogP contribution in [0, 0.1) is 5.92 Å². The van der Waals surface area contributed by atoms with Crippen LogP contribution in [0.4, 0.5) is 5.69 Å². The minimum atomic E-state index is 0. The van der Waals surface area contributed by atoms with Crippen LogP contribution in [0.1, 0.15) is 37.0 Å². The molecule has 1 saturated heterocycles. The number of nitrogens with one attached hydrogen (secondary N) is 2. The molecular weight excluding hydrogens is 298 g/mol. The second-order valence-corrected chi connectivity index (χ2v) is 5.63. The molecule has 1 aromatic rings. The normalized spacial score (nSPS) is 15.0. The molecule has 2 rings (SSSR count). The lowest BCUT2D eigenvalue weighted by atomic mass is 9.98. The summed E-state index contributed by atoms with van der Waals surface area (Å²) in [5.41, 5.74) is 1.82. The molecule has 5 heteroatoms. The Labute approximate surface area is 140 Å². The van der Waals surface area contributed by atoms with Crippen molar-refractivity contribution in [3.05, 3.63) is 29.8 Å². The molecule has 1 fully saturated rings. The molecule has 1 aliphatic rings. The van der Waals surface area contributed by atoms with Crippen molar-refractivity contribution in [2.45, 2.75) is 26.7 Å². The third-order valence-electron chi connectivity index (χ3n) is 4.21. The monoisotopic (exact) mass is 325 g/mol. The van der Waals surface area contributed by atoms with Gasteiger partial charge in [-0.05, 0) is 63.9 Å². The predicted octanol–water partition coefficient (Wildman–Crippen LogP) is 3.00.